The van der Waals surface area contributed by atoms with Crippen LogP contribution in [-0.2, 0) is 4.79 Å². The number of rotatable bonds is 8. The summed E-state index contributed by atoms with van der Waals surface area (Å²) in [5.41, 5.74) is 0.883. The average Bonchev–Trinajstić information content (AvgIpc) is 2.43. The van der Waals surface area contributed by atoms with E-state index in [-0.39, 0.29) is 6.42 Å². The van der Waals surface area contributed by atoms with Crippen LogP contribution in [-0.4, -0.2) is 29.3 Å². The van der Waals surface area contributed by atoms with Crippen molar-refractivity contribution in [3.63, 3.8) is 0 Å². The highest BCUT2D eigenvalue weighted by Crippen LogP contribution is 2.18. The van der Waals surface area contributed by atoms with E-state index in [4.69, 9.17) is 9.84 Å². The van der Waals surface area contributed by atoms with Gasteiger partial charge >= 0.3 is 12.0 Å². The maximum Gasteiger partial charge on any atom is 0.319 e. The lowest BCUT2D eigenvalue weighted by molar-refractivity contribution is -0.137. The molecule has 0 unspecified atom stereocenters. The van der Waals surface area contributed by atoms with Gasteiger partial charge in [0.2, 0.25) is 0 Å². The Kier molecular flexibility index (Phi) is 6.63. The fourth-order valence-electron chi connectivity index (χ4n) is 1.82. The molecule has 0 saturated heterocycles. The molecule has 0 saturated carbocycles. The van der Waals surface area contributed by atoms with Gasteiger partial charge in [0.25, 0.3) is 0 Å². The van der Waals surface area contributed by atoms with Gasteiger partial charge in [-0.3, -0.25) is 4.79 Å². The van der Waals surface area contributed by atoms with Gasteiger partial charge in [-0.1, -0.05) is 12.6 Å². The molecule has 6 heteroatoms. The number of aliphatic carboxylic acids is 1. The number of hydrogen-bond acceptors (Lipinski definition) is 3. The highest BCUT2D eigenvalue weighted by molar-refractivity contribution is 5.90. The van der Waals surface area contributed by atoms with E-state index in [9.17, 15) is 9.59 Å². The molecule has 1 rings (SSSR count). The number of anilines is 1. The molecular formula is C17H24N2O4. The number of hydrogen-bond donors (Lipinski definition) is 3. The number of carboxylic acid groups (broad SMARTS) is 1. The Balaban J connectivity index is 2.58. The summed E-state index contributed by atoms with van der Waals surface area (Å²) in [4.78, 5) is 22.6. The number of carbonyl (C=O) groups is 2. The van der Waals surface area contributed by atoms with Crippen LogP contribution in [0.25, 0.3) is 0 Å². The van der Waals surface area contributed by atoms with Crippen molar-refractivity contribution in [1.82, 2.24) is 5.32 Å². The van der Waals surface area contributed by atoms with E-state index < -0.39 is 17.5 Å². The summed E-state index contributed by atoms with van der Waals surface area (Å²) in [6.07, 6.45) is 0.342. The Hall–Kier alpha value is -2.50. The van der Waals surface area contributed by atoms with Gasteiger partial charge in [-0.2, -0.15) is 0 Å². The summed E-state index contributed by atoms with van der Waals surface area (Å²) in [7, 11) is 0. The maximum atomic E-state index is 12.0. The highest BCUT2D eigenvalue weighted by Gasteiger charge is 2.21. The van der Waals surface area contributed by atoms with E-state index in [1.807, 2.05) is 6.92 Å². The van der Waals surface area contributed by atoms with Crippen LogP contribution in [0.5, 0.6) is 5.75 Å². The smallest absolute Gasteiger partial charge is 0.319 e. The third-order valence-corrected chi connectivity index (χ3v) is 2.99. The van der Waals surface area contributed by atoms with Gasteiger partial charge in [-0.05, 0) is 44.9 Å². The van der Waals surface area contributed by atoms with Crippen LogP contribution >= 0.6 is 0 Å². The summed E-state index contributed by atoms with van der Waals surface area (Å²) in [5.74, 6) is -0.251. The van der Waals surface area contributed by atoms with E-state index in [0.29, 0.717) is 24.5 Å². The van der Waals surface area contributed by atoms with Gasteiger partial charge in [-0.25, -0.2) is 4.79 Å². The van der Waals surface area contributed by atoms with Crippen LogP contribution in [0.2, 0.25) is 0 Å². The number of urea groups is 1. The highest BCUT2D eigenvalue weighted by atomic mass is 16.5. The molecule has 0 heterocycles. The lowest BCUT2D eigenvalue weighted by Gasteiger charge is -2.25. The van der Waals surface area contributed by atoms with E-state index in [1.54, 1.807) is 38.1 Å². The van der Waals surface area contributed by atoms with Gasteiger partial charge in [0.1, 0.15) is 12.4 Å². The Bertz CT molecular complexity index is 582. The van der Waals surface area contributed by atoms with Gasteiger partial charge in [0, 0.05) is 23.7 Å². The molecule has 1 aromatic carbocycles. The zero-order chi connectivity index (χ0) is 17.5. The molecule has 0 atom stereocenters. The molecule has 6 nitrogen and oxygen atoms in total. The third-order valence-electron chi connectivity index (χ3n) is 2.99. The second kappa shape index (κ2) is 8.22. The van der Waals surface area contributed by atoms with Crippen molar-refractivity contribution in [3.05, 3.63) is 36.4 Å². The van der Waals surface area contributed by atoms with Crippen molar-refractivity contribution < 1.29 is 19.4 Å². The van der Waals surface area contributed by atoms with Crippen molar-refractivity contribution in [2.45, 2.75) is 39.2 Å². The van der Waals surface area contributed by atoms with Gasteiger partial charge < -0.3 is 20.5 Å². The zero-order valence-electron chi connectivity index (χ0n) is 13.8. The summed E-state index contributed by atoms with van der Waals surface area (Å²) >= 11 is 0. The molecule has 23 heavy (non-hydrogen) atoms. The molecule has 0 aromatic heterocycles. The van der Waals surface area contributed by atoms with Crippen LogP contribution < -0.4 is 15.4 Å². The first-order chi connectivity index (χ1) is 10.7. The minimum atomic E-state index is -0.886. The number of amides is 2. The molecule has 2 amide bonds. The predicted molar refractivity (Wildman–Crippen MR) is 89.9 cm³/mol. The lowest BCUT2D eigenvalue weighted by Crippen LogP contribution is -2.45. The average molecular weight is 320 g/mol. The van der Waals surface area contributed by atoms with Crippen LogP contribution in [0.1, 0.15) is 33.6 Å². The van der Waals surface area contributed by atoms with Crippen molar-refractivity contribution in [2.24, 2.45) is 0 Å². The molecule has 0 spiro atoms. The Morgan fingerprint density at radius 2 is 2.04 bits per heavy atom. The largest absolute Gasteiger partial charge is 0.489 e. The molecule has 3 N–H and O–H groups in total. The molecule has 126 valence electrons. The van der Waals surface area contributed by atoms with E-state index in [2.05, 4.69) is 17.2 Å². The number of carbonyl (C=O) groups excluding carboxylic acids is 1. The molecule has 1 aromatic rings. The first-order valence-electron chi connectivity index (χ1n) is 7.36. The minimum absolute atomic E-state index is 0.00247. The zero-order valence-corrected chi connectivity index (χ0v) is 13.8. The van der Waals surface area contributed by atoms with Gasteiger partial charge in [0.05, 0.1) is 0 Å². The van der Waals surface area contributed by atoms with E-state index in [0.717, 1.165) is 5.57 Å². The Morgan fingerprint density at radius 1 is 1.35 bits per heavy atom. The second-order valence-electron chi connectivity index (χ2n) is 6.13. The van der Waals surface area contributed by atoms with Crippen LogP contribution in [0.3, 0.4) is 0 Å². The van der Waals surface area contributed by atoms with Crippen molar-refractivity contribution in [2.75, 3.05) is 11.9 Å². The molecule has 0 aliphatic heterocycles. The SMILES string of the molecule is C=C(C)COc1cccc(NC(=O)NC(C)(C)CCC(=O)O)c1. The normalized spacial score (nSPS) is 10.7. The molecular weight excluding hydrogens is 296 g/mol. The van der Waals surface area contributed by atoms with Gasteiger partial charge in [0.15, 0.2) is 0 Å². The fraction of sp³-hybridized carbons (Fsp3) is 0.412. The predicted octanol–water partition coefficient (Wildman–Crippen LogP) is 3.41. The Labute approximate surface area is 136 Å². The quantitative estimate of drug-likeness (QED) is 0.641. The monoisotopic (exact) mass is 320 g/mol. The molecule has 0 bridgehead atoms. The van der Waals surface area contributed by atoms with Crippen LogP contribution in [0, 0.1) is 0 Å². The molecule has 0 radical (unpaired) electrons. The fourth-order valence-corrected chi connectivity index (χ4v) is 1.82. The first kappa shape index (κ1) is 18.5. The summed E-state index contributed by atoms with van der Waals surface area (Å²) in [5, 5.41) is 14.2. The van der Waals surface area contributed by atoms with Crippen LogP contribution in [0.15, 0.2) is 36.4 Å². The van der Waals surface area contributed by atoms with Crippen molar-refractivity contribution in [1.29, 1.82) is 0 Å². The van der Waals surface area contributed by atoms with E-state index >= 15 is 0 Å². The van der Waals surface area contributed by atoms with Crippen molar-refractivity contribution >= 4 is 17.7 Å². The third kappa shape index (κ3) is 7.90. The lowest BCUT2D eigenvalue weighted by atomic mass is 9.99. The Morgan fingerprint density at radius 3 is 2.65 bits per heavy atom. The van der Waals surface area contributed by atoms with Crippen LogP contribution in [0.4, 0.5) is 10.5 Å². The minimum Gasteiger partial charge on any atom is -0.489 e. The number of carboxylic acids is 1. The number of nitrogens with one attached hydrogen (secondary N) is 2. The summed E-state index contributed by atoms with van der Waals surface area (Å²) in [6.45, 7) is 9.61. The maximum absolute atomic E-state index is 12.0. The molecule has 0 aliphatic rings. The molecule has 0 aliphatic carbocycles. The van der Waals surface area contributed by atoms with Crippen molar-refractivity contribution in [3.8, 4) is 5.75 Å². The number of benzene rings is 1. The number of ether oxygens (including phenoxy) is 1. The topological polar surface area (TPSA) is 87.7 Å². The van der Waals surface area contributed by atoms with E-state index in [1.165, 1.54) is 0 Å². The second-order valence-corrected chi connectivity index (χ2v) is 6.13. The summed E-state index contributed by atoms with van der Waals surface area (Å²) < 4.78 is 5.52. The van der Waals surface area contributed by atoms with Gasteiger partial charge in [-0.15, -0.1) is 0 Å². The first-order valence-corrected chi connectivity index (χ1v) is 7.36. The standard InChI is InChI=1S/C17H24N2O4/c1-12(2)11-23-14-7-5-6-13(10-14)18-16(22)19-17(3,4)9-8-15(20)21/h5-7,10H,1,8-9,11H2,2-4H3,(H,20,21)(H2,18,19,22). The molecule has 0 fully saturated rings. The summed E-state index contributed by atoms with van der Waals surface area (Å²) in [6, 6.07) is 6.64.